The van der Waals surface area contributed by atoms with Crippen molar-refractivity contribution in [2.24, 2.45) is 0 Å². The van der Waals surface area contributed by atoms with Crippen molar-refractivity contribution in [1.82, 2.24) is 30.1 Å². The first-order chi connectivity index (χ1) is 20.8. The largest absolute Gasteiger partial charge is 0.383 e. The molecule has 0 bridgehead atoms. The highest BCUT2D eigenvalue weighted by molar-refractivity contribution is 6.32. The number of anilines is 3. The van der Waals surface area contributed by atoms with Crippen LogP contribution in [0.5, 0.6) is 0 Å². The number of amides is 2. The summed E-state index contributed by atoms with van der Waals surface area (Å²) in [5.74, 6) is 0.788. The predicted octanol–water partition coefficient (Wildman–Crippen LogP) is 3.31. The van der Waals surface area contributed by atoms with E-state index in [1.54, 1.807) is 19.2 Å². The quantitative estimate of drug-likeness (QED) is 0.249. The van der Waals surface area contributed by atoms with Gasteiger partial charge in [0, 0.05) is 64.5 Å². The lowest BCUT2D eigenvalue weighted by molar-refractivity contribution is 0.0481. The van der Waals surface area contributed by atoms with Gasteiger partial charge in [-0.25, -0.2) is 15.0 Å². The van der Waals surface area contributed by atoms with Crippen LogP contribution < -0.4 is 21.3 Å². The average Bonchev–Trinajstić information content (AvgIpc) is 3.82. The Labute approximate surface area is 262 Å². The third-order valence-electron chi connectivity index (χ3n) is 8.35. The fourth-order valence-electron chi connectivity index (χ4n) is 5.98. The number of carbonyl (C=O) groups is 2. The molecule has 0 spiro atoms. The molecule has 3 aliphatic rings. The predicted molar refractivity (Wildman–Crippen MR) is 168 cm³/mol. The van der Waals surface area contributed by atoms with E-state index >= 15 is 0 Å². The second-order valence-corrected chi connectivity index (χ2v) is 12.2. The molecule has 12 nitrogen and oxygen atoms in total. The molecule has 0 radical (unpaired) electrons. The number of nitrogen functional groups attached to an aromatic ring is 1. The molecular weight excluding hydrogens is 593 g/mol. The Kier molecular flexibility index (Phi) is 10.4. The molecule has 0 aromatic carbocycles. The lowest BCUT2D eigenvalue weighted by Crippen LogP contribution is -2.59. The van der Waals surface area contributed by atoms with Gasteiger partial charge in [0.15, 0.2) is 22.5 Å². The lowest BCUT2D eigenvalue weighted by Gasteiger charge is -2.48. The van der Waals surface area contributed by atoms with E-state index < -0.39 is 0 Å². The number of rotatable bonds is 11. The lowest BCUT2D eigenvalue weighted by atomic mass is 9.97. The van der Waals surface area contributed by atoms with Crippen molar-refractivity contribution in [3.05, 3.63) is 33.7 Å². The topological polar surface area (TPSA) is 142 Å². The first kappa shape index (κ1) is 31.5. The number of hydrogen-bond acceptors (Lipinski definition) is 10. The van der Waals surface area contributed by atoms with Crippen molar-refractivity contribution >= 4 is 52.5 Å². The summed E-state index contributed by atoms with van der Waals surface area (Å²) >= 11 is 12.6. The molecule has 2 amide bonds. The molecule has 3 fully saturated rings. The van der Waals surface area contributed by atoms with E-state index in [0.717, 1.165) is 58.2 Å². The Morgan fingerprint density at radius 3 is 2.51 bits per heavy atom. The van der Waals surface area contributed by atoms with E-state index in [1.165, 1.54) is 0 Å². The summed E-state index contributed by atoms with van der Waals surface area (Å²) in [6.45, 7) is 6.78. The number of nitrogens with one attached hydrogen (secondary N) is 2. The van der Waals surface area contributed by atoms with Crippen molar-refractivity contribution in [2.45, 2.75) is 63.6 Å². The standard InChI is InChI=1S/C29H41Cl2N9O3/c1-3-4-20-17-39(27-24(31)36-23(28(41)34-18-5-6-18)26(37-27)33-11-16-43-2)14-15-40(20)19-9-12-38(13-10-19)29(42)21-7-8-22(30)35-25(21)32/h7-8,18-20H,3-6,9-17H2,1-2H3,(H2,32,35)(H,33,37)(H,34,41)/t20-/m0/s1. The maximum atomic E-state index is 13.1. The minimum Gasteiger partial charge on any atom is -0.383 e. The Morgan fingerprint density at radius 2 is 1.84 bits per heavy atom. The van der Waals surface area contributed by atoms with Crippen molar-refractivity contribution in [2.75, 3.05) is 68.9 Å². The average molecular weight is 635 g/mol. The van der Waals surface area contributed by atoms with Gasteiger partial charge in [-0.3, -0.25) is 14.5 Å². The van der Waals surface area contributed by atoms with E-state index in [-0.39, 0.29) is 39.7 Å². The molecule has 4 heterocycles. The summed E-state index contributed by atoms with van der Waals surface area (Å²) < 4.78 is 5.18. The third-order valence-corrected chi connectivity index (χ3v) is 8.82. The van der Waals surface area contributed by atoms with Crippen LogP contribution in [-0.4, -0.2) is 108 Å². The molecule has 1 saturated carbocycles. The monoisotopic (exact) mass is 633 g/mol. The normalized spacial score (nSPS) is 19.9. The van der Waals surface area contributed by atoms with E-state index in [2.05, 4.69) is 37.3 Å². The first-order valence-electron chi connectivity index (χ1n) is 15.1. The van der Waals surface area contributed by atoms with Gasteiger partial charge in [0.2, 0.25) is 0 Å². The number of nitrogens with zero attached hydrogens (tertiary/aromatic N) is 6. The minimum atomic E-state index is -0.267. The Hall–Kier alpha value is -2.93. The SMILES string of the molecule is CCC[C@H]1CN(c2nc(NCCOC)c(C(=O)NC3CC3)nc2Cl)CCN1C1CCN(C(=O)c2ccc(Cl)nc2N)CC1. The molecule has 5 rings (SSSR count). The summed E-state index contributed by atoms with van der Waals surface area (Å²) in [6, 6.07) is 4.10. The highest BCUT2D eigenvalue weighted by Crippen LogP contribution is 2.31. The summed E-state index contributed by atoms with van der Waals surface area (Å²) in [5, 5.41) is 6.70. The number of piperidine rings is 1. The van der Waals surface area contributed by atoms with Gasteiger partial charge in [-0.05, 0) is 44.2 Å². The van der Waals surface area contributed by atoms with E-state index in [4.69, 9.17) is 38.7 Å². The number of methoxy groups -OCH3 is 1. The molecule has 4 N–H and O–H groups in total. The number of ether oxygens (including phenoxy) is 1. The van der Waals surface area contributed by atoms with Crippen molar-refractivity contribution in [3.63, 3.8) is 0 Å². The van der Waals surface area contributed by atoms with Gasteiger partial charge < -0.3 is 30.9 Å². The van der Waals surface area contributed by atoms with Crippen LogP contribution in [0.2, 0.25) is 10.3 Å². The summed E-state index contributed by atoms with van der Waals surface area (Å²) in [5.41, 5.74) is 6.58. The van der Waals surface area contributed by atoms with Gasteiger partial charge in [0.05, 0.1) is 12.2 Å². The highest BCUT2D eigenvalue weighted by Gasteiger charge is 2.36. The van der Waals surface area contributed by atoms with E-state index in [9.17, 15) is 9.59 Å². The maximum absolute atomic E-state index is 13.1. The van der Waals surface area contributed by atoms with Crippen LogP contribution in [0.4, 0.5) is 17.5 Å². The van der Waals surface area contributed by atoms with Crippen molar-refractivity contribution < 1.29 is 14.3 Å². The second kappa shape index (κ2) is 14.2. The number of aromatic nitrogens is 3. The fraction of sp³-hybridized carbons (Fsp3) is 0.621. The number of nitrogens with two attached hydrogens (primary N) is 1. The van der Waals surface area contributed by atoms with Gasteiger partial charge in [-0.15, -0.1) is 0 Å². The Balaban J connectivity index is 1.26. The van der Waals surface area contributed by atoms with Gasteiger partial charge >= 0.3 is 0 Å². The number of halogens is 2. The number of carbonyl (C=O) groups excluding carboxylic acids is 2. The highest BCUT2D eigenvalue weighted by atomic mass is 35.5. The van der Waals surface area contributed by atoms with E-state index in [0.29, 0.717) is 55.5 Å². The van der Waals surface area contributed by atoms with Crippen molar-refractivity contribution in [3.8, 4) is 0 Å². The Morgan fingerprint density at radius 1 is 1.07 bits per heavy atom. The van der Waals surface area contributed by atoms with Crippen LogP contribution in [0.25, 0.3) is 0 Å². The van der Waals surface area contributed by atoms with Crippen LogP contribution in [-0.2, 0) is 4.74 Å². The third kappa shape index (κ3) is 7.60. The zero-order chi connectivity index (χ0) is 30.5. The molecule has 1 aliphatic carbocycles. The van der Waals surface area contributed by atoms with Crippen LogP contribution in [0, 0.1) is 0 Å². The van der Waals surface area contributed by atoms with Crippen molar-refractivity contribution in [1.29, 1.82) is 0 Å². The zero-order valence-corrected chi connectivity index (χ0v) is 26.3. The molecule has 2 aliphatic heterocycles. The second-order valence-electron chi connectivity index (χ2n) is 11.4. The molecule has 14 heteroatoms. The molecule has 0 unspecified atom stereocenters. The maximum Gasteiger partial charge on any atom is 0.274 e. The Bertz CT molecular complexity index is 1300. The summed E-state index contributed by atoms with van der Waals surface area (Å²) in [7, 11) is 1.63. The smallest absolute Gasteiger partial charge is 0.274 e. The number of likely N-dealkylation sites (tertiary alicyclic amines) is 1. The molecule has 2 saturated heterocycles. The number of hydrogen-bond donors (Lipinski definition) is 3. The summed E-state index contributed by atoms with van der Waals surface area (Å²) in [4.78, 5) is 46.1. The van der Waals surface area contributed by atoms with Gasteiger partial charge in [-0.2, -0.15) is 0 Å². The zero-order valence-electron chi connectivity index (χ0n) is 24.8. The molecule has 234 valence electrons. The van der Waals surface area contributed by atoms with Crippen LogP contribution in [0.3, 0.4) is 0 Å². The van der Waals surface area contributed by atoms with E-state index in [1.807, 2.05) is 4.90 Å². The number of piperazine rings is 1. The molecular formula is C29H41Cl2N9O3. The number of pyridine rings is 1. The van der Waals surface area contributed by atoms with Crippen LogP contribution >= 0.6 is 23.2 Å². The first-order valence-corrected chi connectivity index (χ1v) is 15.9. The molecule has 43 heavy (non-hydrogen) atoms. The van der Waals surface area contributed by atoms with Gasteiger partial charge in [0.1, 0.15) is 11.0 Å². The fourth-order valence-corrected chi connectivity index (χ4v) is 6.38. The van der Waals surface area contributed by atoms with Gasteiger partial charge in [0.25, 0.3) is 11.8 Å². The van der Waals surface area contributed by atoms with Crippen LogP contribution in [0.15, 0.2) is 12.1 Å². The molecule has 2 aromatic rings. The van der Waals surface area contributed by atoms with Crippen LogP contribution in [0.1, 0.15) is 66.3 Å². The molecule has 1 atom stereocenters. The molecule has 2 aromatic heterocycles. The van der Waals surface area contributed by atoms with Gasteiger partial charge in [-0.1, -0.05) is 36.5 Å². The summed E-state index contributed by atoms with van der Waals surface area (Å²) in [6.07, 6.45) is 5.78. The minimum absolute atomic E-state index is 0.104.